The summed E-state index contributed by atoms with van der Waals surface area (Å²) < 4.78 is 38.7. The van der Waals surface area contributed by atoms with Crippen molar-refractivity contribution >= 4 is 45.0 Å². The third kappa shape index (κ3) is 5.05. The maximum atomic E-state index is 16.6. The van der Waals surface area contributed by atoms with Gasteiger partial charge in [0, 0.05) is 47.5 Å². The van der Waals surface area contributed by atoms with Gasteiger partial charge in [-0.25, -0.2) is 8.78 Å². The van der Waals surface area contributed by atoms with Gasteiger partial charge in [-0.2, -0.15) is 9.97 Å². The molecule has 7 nitrogen and oxygen atoms in total. The third-order valence-electron chi connectivity index (χ3n) is 8.43. The molecule has 1 aromatic heterocycles. The lowest BCUT2D eigenvalue weighted by atomic mass is 9.96. The number of piperazine rings is 1. The summed E-state index contributed by atoms with van der Waals surface area (Å²) in [5, 5.41) is 1.97. The fourth-order valence-electron chi connectivity index (χ4n) is 6.16. The number of amides is 1. The number of anilines is 1. The van der Waals surface area contributed by atoms with Gasteiger partial charge in [-0.15, -0.1) is 0 Å². The molecule has 0 N–H and O–H groups in total. The maximum Gasteiger partial charge on any atom is 0.319 e. The summed E-state index contributed by atoms with van der Waals surface area (Å²) in [5.74, 6) is -1.34. The van der Waals surface area contributed by atoms with E-state index >= 15 is 8.78 Å². The van der Waals surface area contributed by atoms with Crippen molar-refractivity contribution in [1.29, 1.82) is 0 Å². The topological polar surface area (TPSA) is 61.8 Å². The van der Waals surface area contributed by atoms with Crippen molar-refractivity contribution in [2.24, 2.45) is 0 Å². The van der Waals surface area contributed by atoms with E-state index in [0.29, 0.717) is 48.0 Å². The zero-order chi connectivity index (χ0) is 29.5. The first-order valence-electron chi connectivity index (χ1n) is 14.1. The molecule has 2 saturated heterocycles. The average Bonchev–Trinajstić information content (AvgIpc) is 3.40. The summed E-state index contributed by atoms with van der Waals surface area (Å²) >= 11 is 6.53. The first-order valence-corrected chi connectivity index (χ1v) is 14.5. The molecule has 2 fully saturated rings. The standard InChI is InChI=1S/C32H32ClF2N5O2/c1-4-26(41)39-14-15-40(19(2)17-39)31-23-16-25(34)28(22-11-5-8-20-9-6-12-24(33)27(20)22)29(35)30(23)36-32(37-31)42-18-21-10-7-13-38(21)3/h4-6,8-9,11-12,16,19,21H,1,7,10,13-15,17-18H2,2-3H3/t19-,21-/m0/s1. The van der Waals surface area contributed by atoms with E-state index in [1.54, 1.807) is 29.2 Å². The Hall–Kier alpha value is -3.82. The van der Waals surface area contributed by atoms with Crippen molar-refractivity contribution in [1.82, 2.24) is 19.8 Å². The fourth-order valence-corrected chi connectivity index (χ4v) is 6.44. The Morgan fingerprint density at radius 3 is 2.67 bits per heavy atom. The molecule has 2 aliphatic heterocycles. The molecule has 42 heavy (non-hydrogen) atoms. The van der Waals surface area contributed by atoms with E-state index in [4.69, 9.17) is 21.3 Å². The average molecular weight is 592 g/mol. The Kier molecular flexibility index (Phi) is 7.72. The van der Waals surface area contributed by atoms with Crippen LogP contribution in [0.3, 0.4) is 0 Å². The molecular weight excluding hydrogens is 560 g/mol. The van der Waals surface area contributed by atoms with Gasteiger partial charge in [0.15, 0.2) is 5.82 Å². The second kappa shape index (κ2) is 11.5. The normalized spacial score (nSPS) is 19.5. The third-order valence-corrected chi connectivity index (χ3v) is 8.74. The van der Waals surface area contributed by atoms with Crippen LogP contribution in [-0.2, 0) is 4.79 Å². The summed E-state index contributed by atoms with van der Waals surface area (Å²) in [4.78, 5) is 27.3. The van der Waals surface area contributed by atoms with Crippen LogP contribution >= 0.6 is 11.6 Å². The van der Waals surface area contributed by atoms with Gasteiger partial charge in [0.25, 0.3) is 0 Å². The highest BCUT2D eigenvalue weighted by molar-refractivity contribution is 6.36. The highest BCUT2D eigenvalue weighted by Gasteiger charge is 2.31. The van der Waals surface area contributed by atoms with E-state index in [0.717, 1.165) is 24.8 Å². The first kappa shape index (κ1) is 28.3. The maximum absolute atomic E-state index is 16.6. The van der Waals surface area contributed by atoms with E-state index < -0.39 is 11.6 Å². The Labute approximate surface area is 248 Å². The predicted molar refractivity (Wildman–Crippen MR) is 162 cm³/mol. The number of aromatic nitrogens is 2. The minimum absolute atomic E-state index is 0.0296. The summed E-state index contributed by atoms with van der Waals surface area (Å²) in [6, 6.07) is 12.0. The SMILES string of the molecule is C=CC(=O)N1CCN(c2nc(OC[C@@H]3CCCN3C)nc3c(F)c(-c4cccc5cccc(Cl)c45)c(F)cc23)[C@@H](C)C1. The minimum atomic E-state index is -0.808. The number of halogens is 3. The van der Waals surface area contributed by atoms with Crippen molar-refractivity contribution in [3.8, 4) is 17.1 Å². The van der Waals surface area contributed by atoms with Crippen LogP contribution in [0.4, 0.5) is 14.6 Å². The zero-order valence-electron chi connectivity index (χ0n) is 23.6. The summed E-state index contributed by atoms with van der Waals surface area (Å²) in [5.41, 5.74) is 0.101. The number of likely N-dealkylation sites (N-methyl/N-ethyl adjacent to an activating group) is 1. The van der Waals surface area contributed by atoms with E-state index in [-0.39, 0.29) is 40.5 Å². The molecule has 218 valence electrons. The number of benzene rings is 3. The van der Waals surface area contributed by atoms with Gasteiger partial charge in [-0.05, 0) is 62.5 Å². The number of rotatable bonds is 6. The number of fused-ring (bicyclic) bond motifs is 2. The lowest BCUT2D eigenvalue weighted by molar-refractivity contribution is -0.126. The number of hydrogen-bond acceptors (Lipinski definition) is 6. The van der Waals surface area contributed by atoms with Crippen molar-refractivity contribution in [3.63, 3.8) is 0 Å². The Morgan fingerprint density at radius 2 is 1.95 bits per heavy atom. The molecule has 0 unspecified atom stereocenters. The lowest BCUT2D eigenvalue weighted by Gasteiger charge is -2.40. The molecule has 3 heterocycles. The first-order chi connectivity index (χ1) is 20.3. The van der Waals surface area contributed by atoms with Gasteiger partial charge >= 0.3 is 6.01 Å². The van der Waals surface area contributed by atoms with E-state index in [9.17, 15) is 4.79 Å². The van der Waals surface area contributed by atoms with Gasteiger partial charge in [-0.3, -0.25) is 4.79 Å². The molecule has 0 radical (unpaired) electrons. The van der Waals surface area contributed by atoms with Gasteiger partial charge < -0.3 is 19.4 Å². The van der Waals surface area contributed by atoms with E-state index in [1.165, 1.54) is 12.1 Å². The van der Waals surface area contributed by atoms with Crippen molar-refractivity contribution in [2.45, 2.75) is 31.8 Å². The van der Waals surface area contributed by atoms with E-state index in [2.05, 4.69) is 16.5 Å². The van der Waals surface area contributed by atoms with Crippen molar-refractivity contribution in [2.75, 3.05) is 44.7 Å². The summed E-state index contributed by atoms with van der Waals surface area (Å²) in [6.45, 7) is 8.12. The second-order valence-corrected chi connectivity index (χ2v) is 11.4. The van der Waals surface area contributed by atoms with Crippen molar-refractivity contribution < 1.29 is 18.3 Å². The molecule has 0 saturated carbocycles. The molecule has 6 rings (SSSR count). The number of hydrogen-bond donors (Lipinski definition) is 0. The van der Waals surface area contributed by atoms with Crippen LogP contribution < -0.4 is 9.64 Å². The number of nitrogens with zero attached hydrogens (tertiary/aromatic N) is 5. The van der Waals surface area contributed by atoms with Crippen LogP contribution in [-0.4, -0.2) is 77.6 Å². The number of likely N-dealkylation sites (tertiary alicyclic amines) is 1. The number of ether oxygens (including phenoxy) is 1. The molecule has 2 atom stereocenters. The quantitative estimate of drug-likeness (QED) is 0.253. The van der Waals surface area contributed by atoms with Gasteiger partial charge in [-0.1, -0.05) is 48.5 Å². The summed E-state index contributed by atoms with van der Waals surface area (Å²) in [6.07, 6.45) is 3.35. The minimum Gasteiger partial charge on any atom is -0.462 e. The van der Waals surface area contributed by atoms with Crippen LogP contribution in [0.2, 0.25) is 5.02 Å². The predicted octanol–water partition coefficient (Wildman–Crippen LogP) is 6.08. The smallest absolute Gasteiger partial charge is 0.319 e. The molecule has 4 aromatic rings. The van der Waals surface area contributed by atoms with Crippen molar-refractivity contribution in [3.05, 3.63) is 71.8 Å². The highest BCUT2D eigenvalue weighted by atomic mass is 35.5. The van der Waals surface area contributed by atoms with E-state index in [1.807, 2.05) is 31.0 Å². The molecule has 0 bridgehead atoms. The summed E-state index contributed by atoms with van der Waals surface area (Å²) in [7, 11) is 2.05. The van der Waals surface area contributed by atoms with Gasteiger partial charge in [0.05, 0.1) is 5.56 Å². The van der Waals surface area contributed by atoms with Gasteiger partial charge in [0.1, 0.15) is 23.8 Å². The zero-order valence-corrected chi connectivity index (χ0v) is 24.4. The largest absolute Gasteiger partial charge is 0.462 e. The van der Waals surface area contributed by atoms with Crippen LogP contribution in [0, 0.1) is 11.6 Å². The Bertz CT molecular complexity index is 1690. The Balaban J connectivity index is 1.50. The number of carbonyl (C=O) groups is 1. The van der Waals surface area contributed by atoms with Crippen LogP contribution in [0.5, 0.6) is 6.01 Å². The molecular formula is C32H32ClF2N5O2. The fraction of sp³-hybridized carbons (Fsp3) is 0.344. The molecule has 1 amide bonds. The molecule has 0 aliphatic carbocycles. The lowest BCUT2D eigenvalue weighted by Crippen LogP contribution is -2.53. The monoisotopic (exact) mass is 591 g/mol. The van der Waals surface area contributed by atoms with Crippen LogP contribution in [0.1, 0.15) is 19.8 Å². The molecule has 0 spiro atoms. The van der Waals surface area contributed by atoms with Gasteiger partial charge in [0.2, 0.25) is 5.91 Å². The molecule has 10 heteroatoms. The number of carbonyl (C=O) groups excluding carboxylic acids is 1. The second-order valence-electron chi connectivity index (χ2n) is 11.0. The highest BCUT2D eigenvalue weighted by Crippen LogP contribution is 2.40. The Morgan fingerprint density at radius 1 is 1.17 bits per heavy atom. The molecule has 3 aromatic carbocycles. The van der Waals surface area contributed by atoms with Crippen LogP contribution in [0.25, 0.3) is 32.8 Å². The van der Waals surface area contributed by atoms with Crippen LogP contribution in [0.15, 0.2) is 55.1 Å². The molecule has 2 aliphatic rings.